The van der Waals surface area contributed by atoms with Crippen molar-refractivity contribution in [2.75, 3.05) is 51.8 Å². The van der Waals surface area contributed by atoms with E-state index < -0.39 is 23.0 Å². The summed E-state index contributed by atoms with van der Waals surface area (Å²) in [7, 11) is 3.31. The monoisotopic (exact) mass is 704 g/mol. The number of nitrogens with one attached hydrogen (secondary N) is 1. The Labute approximate surface area is 294 Å². The van der Waals surface area contributed by atoms with Crippen molar-refractivity contribution in [2.24, 2.45) is 0 Å². The largest absolute Gasteiger partial charge is 0.508 e. The highest BCUT2D eigenvalue weighted by molar-refractivity contribution is 6.03. The number of piperazine rings is 1. The molecule has 4 aliphatic heterocycles. The lowest BCUT2D eigenvalue weighted by atomic mass is 9.91. The van der Waals surface area contributed by atoms with E-state index in [4.69, 9.17) is 14.5 Å². The standard InChI is InChI=1S/C38H43F3N6O4/c1-4-26-29(39)9-6-21-14-25(48)15-27(31(21)26)32-30(40)16-28-34(33(32)41)43-36(44-35(28)46-17-22-7-8-23(18-46)42-22)51-20-38-11-5-13-47(38)24(10-12-38)19-50-37(49)45(2)3/h6,9,14-16,22-24,42,48H,4-5,7-8,10-13,17-20H2,1-3H3. The number of hydrogen-bond acceptors (Lipinski definition) is 9. The first-order chi connectivity index (χ1) is 24.5. The summed E-state index contributed by atoms with van der Waals surface area (Å²) in [6.07, 6.45) is 5.44. The summed E-state index contributed by atoms with van der Waals surface area (Å²) in [5, 5.41) is 15.3. The van der Waals surface area contributed by atoms with E-state index in [1.165, 1.54) is 35.2 Å². The molecule has 0 spiro atoms. The average molecular weight is 705 g/mol. The van der Waals surface area contributed by atoms with Crippen LogP contribution in [0.25, 0.3) is 32.8 Å². The number of fused-ring (bicyclic) bond motifs is 5. The van der Waals surface area contributed by atoms with Crippen LogP contribution in [0.2, 0.25) is 0 Å². The van der Waals surface area contributed by atoms with Gasteiger partial charge in [0, 0.05) is 50.7 Å². The number of amides is 1. The number of aromatic hydroxyl groups is 1. The zero-order valence-electron chi connectivity index (χ0n) is 29.1. The third kappa shape index (κ3) is 5.87. The number of anilines is 1. The second-order valence-corrected chi connectivity index (χ2v) is 14.8. The minimum atomic E-state index is -0.931. The van der Waals surface area contributed by atoms with Gasteiger partial charge in [-0.1, -0.05) is 13.0 Å². The Morgan fingerprint density at radius 3 is 2.59 bits per heavy atom. The van der Waals surface area contributed by atoms with Crippen molar-refractivity contribution in [3.8, 4) is 22.9 Å². The van der Waals surface area contributed by atoms with Gasteiger partial charge < -0.3 is 29.7 Å². The minimum Gasteiger partial charge on any atom is -0.508 e. The lowest BCUT2D eigenvalue weighted by Crippen LogP contribution is -2.51. The molecule has 2 bridgehead atoms. The number of nitrogens with zero attached hydrogens (tertiary/aromatic N) is 5. The Hall–Kier alpha value is -4.36. The summed E-state index contributed by atoms with van der Waals surface area (Å²) in [6.45, 7) is 4.40. The molecular formula is C38H43F3N6O4. The predicted molar refractivity (Wildman–Crippen MR) is 188 cm³/mol. The first-order valence-electron chi connectivity index (χ1n) is 17.9. The molecule has 0 radical (unpaired) electrons. The van der Waals surface area contributed by atoms with E-state index in [0.717, 1.165) is 45.1 Å². The van der Waals surface area contributed by atoms with Crippen LogP contribution in [0.5, 0.6) is 11.8 Å². The predicted octanol–water partition coefficient (Wildman–Crippen LogP) is 6.15. The molecule has 2 N–H and O–H groups in total. The fraction of sp³-hybridized carbons (Fsp3) is 0.500. The lowest BCUT2D eigenvalue weighted by Gasteiger charge is -2.35. The third-order valence-electron chi connectivity index (χ3n) is 11.4. The first-order valence-corrected chi connectivity index (χ1v) is 17.9. The Morgan fingerprint density at radius 2 is 1.84 bits per heavy atom. The van der Waals surface area contributed by atoms with Crippen LogP contribution >= 0.6 is 0 Å². The molecule has 4 atom stereocenters. The van der Waals surface area contributed by atoms with E-state index in [1.807, 2.05) is 0 Å². The zero-order valence-corrected chi connectivity index (χ0v) is 29.1. The van der Waals surface area contributed by atoms with Crippen molar-refractivity contribution in [3.63, 3.8) is 0 Å². The second kappa shape index (κ2) is 13.0. The van der Waals surface area contributed by atoms with Crippen LogP contribution in [0.15, 0.2) is 30.3 Å². The van der Waals surface area contributed by atoms with Gasteiger partial charge in [-0.2, -0.15) is 9.97 Å². The Morgan fingerprint density at radius 1 is 1.06 bits per heavy atom. The Balaban J connectivity index is 1.20. The number of aromatic nitrogens is 2. The molecule has 0 saturated carbocycles. The highest BCUT2D eigenvalue weighted by Gasteiger charge is 2.50. The molecule has 4 fully saturated rings. The van der Waals surface area contributed by atoms with Gasteiger partial charge >= 0.3 is 12.1 Å². The smallest absolute Gasteiger partial charge is 0.409 e. The van der Waals surface area contributed by atoms with E-state index in [-0.39, 0.29) is 77.6 Å². The van der Waals surface area contributed by atoms with Gasteiger partial charge in [-0.25, -0.2) is 18.0 Å². The van der Waals surface area contributed by atoms with Crippen LogP contribution in [0.4, 0.5) is 23.8 Å². The lowest BCUT2D eigenvalue weighted by molar-refractivity contribution is 0.0484. The number of carbonyl (C=O) groups excluding carboxylic acids is 1. The highest BCUT2D eigenvalue weighted by atomic mass is 19.1. The number of carbonyl (C=O) groups is 1. The van der Waals surface area contributed by atoms with Gasteiger partial charge in [0.15, 0.2) is 5.82 Å². The average Bonchev–Trinajstić information content (AvgIpc) is 3.78. The van der Waals surface area contributed by atoms with E-state index >= 15 is 13.2 Å². The van der Waals surface area contributed by atoms with Crippen LogP contribution in [-0.4, -0.2) is 102 Å². The first kappa shape index (κ1) is 33.8. The molecule has 4 aliphatic rings. The van der Waals surface area contributed by atoms with Crippen molar-refractivity contribution >= 4 is 33.6 Å². The van der Waals surface area contributed by atoms with Crippen LogP contribution < -0.4 is 15.0 Å². The molecule has 10 nitrogen and oxygen atoms in total. The number of ether oxygens (including phenoxy) is 2. The zero-order chi connectivity index (χ0) is 35.6. The summed E-state index contributed by atoms with van der Waals surface area (Å²) in [6, 6.07) is 7.31. The van der Waals surface area contributed by atoms with Crippen molar-refractivity contribution in [1.29, 1.82) is 0 Å². The molecule has 4 unspecified atom stereocenters. The third-order valence-corrected chi connectivity index (χ3v) is 11.4. The van der Waals surface area contributed by atoms with Crippen LogP contribution in [-0.2, 0) is 11.2 Å². The Kier molecular flexibility index (Phi) is 8.61. The van der Waals surface area contributed by atoms with Crippen LogP contribution in [0.1, 0.15) is 51.0 Å². The molecule has 0 aliphatic carbocycles. The number of phenols is 1. The molecule has 51 heavy (non-hydrogen) atoms. The van der Waals surface area contributed by atoms with Crippen LogP contribution in [0, 0.1) is 17.5 Å². The fourth-order valence-corrected chi connectivity index (χ4v) is 9.01. The van der Waals surface area contributed by atoms with Gasteiger partial charge in [0.2, 0.25) is 0 Å². The van der Waals surface area contributed by atoms with Gasteiger partial charge in [0.05, 0.1) is 11.1 Å². The second-order valence-electron chi connectivity index (χ2n) is 14.8. The number of halogens is 3. The molecule has 8 rings (SSSR count). The van der Waals surface area contributed by atoms with Gasteiger partial charge in [0.25, 0.3) is 0 Å². The van der Waals surface area contributed by atoms with E-state index in [1.54, 1.807) is 21.0 Å². The van der Waals surface area contributed by atoms with E-state index in [0.29, 0.717) is 35.2 Å². The fourth-order valence-electron chi connectivity index (χ4n) is 9.01. The summed E-state index contributed by atoms with van der Waals surface area (Å²) < 4.78 is 60.5. The Bertz CT molecular complexity index is 2020. The van der Waals surface area contributed by atoms with Crippen molar-refractivity contribution in [1.82, 2.24) is 25.1 Å². The molecule has 270 valence electrons. The SMILES string of the molecule is CCc1c(F)ccc2cc(O)cc(-c3c(F)cc4c(N5CC6CCC(C5)N6)nc(OCC56CCCN5C(COC(=O)N(C)C)CC6)nc4c3F)c12. The topological polar surface area (TPSA) is 103 Å². The summed E-state index contributed by atoms with van der Waals surface area (Å²) in [4.78, 5) is 27.4. The van der Waals surface area contributed by atoms with Gasteiger partial charge in [0.1, 0.15) is 41.9 Å². The summed E-state index contributed by atoms with van der Waals surface area (Å²) in [5.41, 5.74) is -0.462. The van der Waals surface area contributed by atoms with Crippen molar-refractivity contribution in [3.05, 3.63) is 53.3 Å². The minimum absolute atomic E-state index is 0.00962. The normalized spacial score (nSPS) is 24.4. The molecular weight excluding hydrogens is 661 g/mol. The maximum atomic E-state index is 17.1. The number of rotatable bonds is 8. The number of benzene rings is 3. The maximum Gasteiger partial charge on any atom is 0.409 e. The van der Waals surface area contributed by atoms with Gasteiger partial charge in [-0.05, 0) is 97.7 Å². The number of aryl methyl sites for hydroxylation is 1. The molecule has 4 aromatic rings. The van der Waals surface area contributed by atoms with E-state index in [2.05, 4.69) is 20.1 Å². The summed E-state index contributed by atoms with van der Waals surface area (Å²) >= 11 is 0. The highest BCUT2D eigenvalue weighted by Crippen LogP contribution is 2.44. The van der Waals surface area contributed by atoms with Gasteiger partial charge in [-0.15, -0.1) is 0 Å². The molecule has 13 heteroatoms. The quantitative estimate of drug-likeness (QED) is 0.224. The molecule has 1 aromatic heterocycles. The van der Waals surface area contributed by atoms with Crippen molar-refractivity contribution < 1.29 is 32.5 Å². The van der Waals surface area contributed by atoms with Gasteiger partial charge in [-0.3, -0.25) is 4.90 Å². The number of hydrogen-bond donors (Lipinski definition) is 2. The van der Waals surface area contributed by atoms with Crippen LogP contribution in [0.3, 0.4) is 0 Å². The molecule has 5 heterocycles. The molecule has 1 amide bonds. The summed E-state index contributed by atoms with van der Waals surface area (Å²) in [5.74, 6) is -2.07. The molecule has 4 saturated heterocycles. The number of phenolic OH excluding ortho intramolecular Hbond substituents is 1. The van der Waals surface area contributed by atoms with Crippen molar-refractivity contribution in [2.45, 2.75) is 75.5 Å². The maximum absolute atomic E-state index is 17.1. The molecule has 3 aromatic carbocycles. The van der Waals surface area contributed by atoms with E-state index in [9.17, 15) is 9.90 Å².